The van der Waals surface area contributed by atoms with Gasteiger partial charge in [-0.2, -0.15) is 0 Å². The summed E-state index contributed by atoms with van der Waals surface area (Å²) in [6.45, 7) is 4.80. The molecule has 4 heterocycles. The number of piperazine rings is 1. The highest BCUT2D eigenvalue weighted by Crippen LogP contribution is 2.32. The number of carbonyl (C=O) groups is 1. The van der Waals surface area contributed by atoms with Crippen LogP contribution in [0.5, 0.6) is 0 Å². The van der Waals surface area contributed by atoms with E-state index in [0.29, 0.717) is 18.6 Å². The fraction of sp³-hybridized carbons (Fsp3) is 0.636. The first-order chi connectivity index (χ1) is 14.8. The second-order valence-electron chi connectivity index (χ2n) is 9.29. The third kappa shape index (κ3) is 4.17. The Morgan fingerprint density at radius 1 is 1.19 bits per heavy atom. The zero-order valence-corrected chi connectivity index (χ0v) is 17.7. The first kappa shape index (κ1) is 20.8. The van der Waals surface area contributed by atoms with E-state index in [9.17, 15) is 18.0 Å². The number of piperidine rings is 1. The van der Waals surface area contributed by atoms with Gasteiger partial charge in [-0.25, -0.2) is 18.2 Å². The number of hydrogen-bond acceptors (Lipinski definition) is 4. The van der Waals surface area contributed by atoms with Crippen molar-refractivity contribution in [3.8, 4) is 0 Å². The van der Waals surface area contributed by atoms with Crippen LogP contribution in [0.4, 0.5) is 13.2 Å². The van der Waals surface area contributed by atoms with E-state index in [1.807, 2.05) is 6.92 Å². The van der Waals surface area contributed by atoms with Crippen LogP contribution in [-0.4, -0.2) is 81.3 Å². The second kappa shape index (κ2) is 7.78. The van der Waals surface area contributed by atoms with E-state index in [2.05, 4.69) is 19.8 Å². The molecule has 2 atom stereocenters. The van der Waals surface area contributed by atoms with Crippen LogP contribution in [0.1, 0.15) is 37.1 Å². The lowest BCUT2D eigenvalue weighted by Gasteiger charge is -2.41. The average Bonchev–Trinajstić information content (AvgIpc) is 3.19. The summed E-state index contributed by atoms with van der Waals surface area (Å²) in [6.07, 6.45) is 1.61. The van der Waals surface area contributed by atoms with Gasteiger partial charge >= 0.3 is 0 Å². The number of carbonyl (C=O) groups excluding carboxylic acids is 1. The van der Waals surface area contributed by atoms with Gasteiger partial charge in [0.2, 0.25) is 5.91 Å². The van der Waals surface area contributed by atoms with Crippen molar-refractivity contribution in [2.45, 2.75) is 57.2 Å². The summed E-state index contributed by atoms with van der Waals surface area (Å²) in [5, 5.41) is 0. The number of halogens is 3. The lowest BCUT2D eigenvalue weighted by Crippen LogP contribution is -2.56. The van der Waals surface area contributed by atoms with Gasteiger partial charge in [-0.3, -0.25) is 14.6 Å². The Kier molecular flexibility index (Phi) is 5.21. The number of amides is 1. The molecule has 3 aliphatic heterocycles. The van der Waals surface area contributed by atoms with Crippen molar-refractivity contribution < 1.29 is 18.0 Å². The monoisotopic (exact) mass is 435 g/mol. The lowest BCUT2D eigenvalue weighted by atomic mass is 10.1. The topological polar surface area (TPSA) is 55.5 Å². The van der Waals surface area contributed by atoms with Crippen LogP contribution >= 0.6 is 0 Å². The molecule has 2 aromatic rings. The SMILES string of the molecule is Cc1cc(F)cc2[nH]c(CN3CC4CCC(C3)N4CC(=O)N3CCC(F)(F)CC3)nc12. The lowest BCUT2D eigenvalue weighted by molar-refractivity contribution is -0.140. The number of nitrogens with zero attached hydrogens (tertiary/aromatic N) is 4. The van der Waals surface area contributed by atoms with Crippen molar-refractivity contribution in [2.24, 2.45) is 0 Å². The Hall–Kier alpha value is -2.13. The maximum Gasteiger partial charge on any atom is 0.251 e. The number of rotatable bonds is 4. The molecule has 0 radical (unpaired) electrons. The van der Waals surface area contributed by atoms with E-state index in [0.717, 1.165) is 42.8 Å². The summed E-state index contributed by atoms with van der Waals surface area (Å²) in [5.41, 5.74) is 2.33. The molecule has 3 aliphatic rings. The molecule has 1 aromatic carbocycles. The second-order valence-corrected chi connectivity index (χ2v) is 9.29. The molecule has 2 bridgehead atoms. The molecule has 2 unspecified atom stereocenters. The summed E-state index contributed by atoms with van der Waals surface area (Å²) in [6, 6.07) is 3.55. The van der Waals surface area contributed by atoms with Crippen molar-refractivity contribution in [3.63, 3.8) is 0 Å². The predicted octanol–water partition coefficient (Wildman–Crippen LogP) is 2.92. The summed E-state index contributed by atoms with van der Waals surface area (Å²) in [4.78, 5) is 26.8. The number of nitrogens with one attached hydrogen (secondary N) is 1. The molecular weight excluding hydrogens is 407 g/mol. The number of imidazole rings is 1. The third-order valence-corrected chi connectivity index (χ3v) is 7.04. The van der Waals surface area contributed by atoms with Gasteiger partial charge < -0.3 is 9.88 Å². The maximum absolute atomic E-state index is 13.7. The zero-order chi connectivity index (χ0) is 21.8. The number of fused-ring (bicyclic) bond motifs is 3. The Bertz CT molecular complexity index is 969. The number of H-pyrrole nitrogens is 1. The Balaban J connectivity index is 1.20. The number of alkyl halides is 2. The Morgan fingerprint density at radius 2 is 1.87 bits per heavy atom. The molecule has 5 rings (SSSR count). The van der Waals surface area contributed by atoms with Gasteiger partial charge in [0, 0.05) is 51.1 Å². The van der Waals surface area contributed by atoms with Gasteiger partial charge in [-0.15, -0.1) is 0 Å². The van der Waals surface area contributed by atoms with Gasteiger partial charge in [0.05, 0.1) is 24.1 Å². The highest BCUT2D eigenvalue weighted by Gasteiger charge is 2.42. The quantitative estimate of drug-likeness (QED) is 0.803. The van der Waals surface area contributed by atoms with E-state index in [1.54, 1.807) is 4.90 Å². The van der Waals surface area contributed by atoms with E-state index < -0.39 is 5.92 Å². The molecule has 0 spiro atoms. The normalized spacial score (nSPS) is 26.6. The van der Waals surface area contributed by atoms with Crippen LogP contribution in [0.15, 0.2) is 12.1 Å². The van der Waals surface area contributed by atoms with Crippen LogP contribution < -0.4 is 0 Å². The minimum atomic E-state index is -2.64. The van der Waals surface area contributed by atoms with E-state index in [-0.39, 0.29) is 49.7 Å². The minimum Gasteiger partial charge on any atom is -0.341 e. The zero-order valence-electron chi connectivity index (χ0n) is 17.7. The number of aromatic nitrogens is 2. The molecule has 1 amide bonds. The predicted molar refractivity (Wildman–Crippen MR) is 110 cm³/mol. The average molecular weight is 435 g/mol. The van der Waals surface area contributed by atoms with Crippen LogP contribution in [0, 0.1) is 12.7 Å². The van der Waals surface area contributed by atoms with Crippen LogP contribution in [0.3, 0.4) is 0 Å². The summed E-state index contributed by atoms with van der Waals surface area (Å²) >= 11 is 0. The van der Waals surface area contributed by atoms with Crippen molar-refractivity contribution in [1.29, 1.82) is 0 Å². The van der Waals surface area contributed by atoms with Crippen LogP contribution in [0.2, 0.25) is 0 Å². The van der Waals surface area contributed by atoms with Gasteiger partial charge in [0.1, 0.15) is 11.6 Å². The highest BCUT2D eigenvalue weighted by molar-refractivity contribution is 5.79. The van der Waals surface area contributed by atoms with Gasteiger partial charge in [-0.05, 0) is 37.5 Å². The molecule has 0 aliphatic carbocycles. The van der Waals surface area contributed by atoms with Gasteiger partial charge in [0.15, 0.2) is 0 Å². The number of aryl methyl sites for hydroxylation is 1. The molecule has 3 saturated heterocycles. The Morgan fingerprint density at radius 3 is 2.55 bits per heavy atom. The molecule has 3 fully saturated rings. The number of likely N-dealkylation sites (tertiary alicyclic amines) is 2. The van der Waals surface area contributed by atoms with Crippen molar-refractivity contribution in [1.82, 2.24) is 24.7 Å². The third-order valence-electron chi connectivity index (χ3n) is 7.04. The molecule has 0 saturated carbocycles. The molecule has 6 nitrogen and oxygen atoms in total. The van der Waals surface area contributed by atoms with Crippen molar-refractivity contribution in [2.75, 3.05) is 32.7 Å². The summed E-state index contributed by atoms with van der Waals surface area (Å²) in [5.74, 6) is -2.12. The fourth-order valence-corrected chi connectivity index (χ4v) is 5.39. The molecule has 31 heavy (non-hydrogen) atoms. The van der Waals surface area contributed by atoms with E-state index >= 15 is 0 Å². The van der Waals surface area contributed by atoms with Crippen LogP contribution in [0.25, 0.3) is 11.0 Å². The number of aromatic amines is 1. The minimum absolute atomic E-state index is 0.0318. The molecular formula is C22H28F3N5O. The van der Waals surface area contributed by atoms with E-state index in [1.165, 1.54) is 12.1 Å². The molecule has 1 N–H and O–H groups in total. The molecule has 1 aromatic heterocycles. The van der Waals surface area contributed by atoms with Crippen molar-refractivity contribution in [3.05, 3.63) is 29.3 Å². The number of hydrogen-bond donors (Lipinski definition) is 1. The van der Waals surface area contributed by atoms with Crippen molar-refractivity contribution >= 4 is 16.9 Å². The maximum atomic E-state index is 13.7. The summed E-state index contributed by atoms with van der Waals surface area (Å²) < 4.78 is 40.4. The van der Waals surface area contributed by atoms with Gasteiger partial charge in [-0.1, -0.05) is 0 Å². The molecule has 9 heteroatoms. The fourth-order valence-electron chi connectivity index (χ4n) is 5.39. The standard InChI is InChI=1S/C22H28F3N5O/c1-14-8-15(23)9-18-21(14)27-19(26-18)12-28-10-16-2-3-17(11-28)30(16)13-20(31)29-6-4-22(24,25)5-7-29/h8-9,16-17H,2-7,10-13H2,1H3,(H,26,27). The first-order valence-corrected chi connectivity index (χ1v) is 11.1. The Labute approximate surface area is 179 Å². The largest absolute Gasteiger partial charge is 0.341 e. The van der Waals surface area contributed by atoms with E-state index in [4.69, 9.17) is 0 Å². The highest BCUT2D eigenvalue weighted by atomic mass is 19.3. The number of benzene rings is 1. The summed E-state index contributed by atoms with van der Waals surface area (Å²) in [7, 11) is 0. The smallest absolute Gasteiger partial charge is 0.251 e. The molecule has 168 valence electrons. The first-order valence-electron chi connectivity index (χ1n) is 11.1. The van der Waals surface area contributed by atoms with Crippen LogP contribution in [-0.2, 0) is 11.3 Å². The van der Waals surface area contributed by atoms with Gasteiger partial charge in [0.25, 0.3) is 5.92 Å².